The first-order valence-corrected chi connectivity index (χ1v) is 9.98. The lowest BCUT2D eigenvalue weighted by molar-refractivity contribution is -0.136. The van der Waals surface area contributed by atoms with Crippen molar-refractivity contribution in [2.45, 2.75) is 82.4 Å². The van der Waals surface area contributed by atoms with E-state index in [9.17, 15) is 20.1 Å². The Morgan fingerprint density at radius 2 is 1.71 bits per heavy atom. The molecule has 0 aromatic rings. The SMILES string of the molecule is CC[C@H]1O[C@@H]([C@@H](O)/C=C/[C@H](O)C/C=C\C/C=C\C/C=C\CCC(=O)O)C[C@H]1O. The van der Waals surface area contributed by atoms with Crippen LogP contribution >= 0.6 is 0 Å². The lowest BCUT2D eigenvalue weighted by Gasteiger charge is -2.16. The monoisotopic (exact) mass is 394 g/mol. The zero-order valence-corrected chi connectivity index (χ0v) is 16.6. The third kappa shape index (κ3) is 10.6. The van der Waals surface area contributed by atoms with Crippen molar-refractivity contribution >= 4 is 5.97 Å². The number of aliphatic carboxylic acids is 1. The van der Waals surface area contributed by atoms with E-state index < -0.39 is 30.4 Å². The maximum Gasteiger partial charge on any atom is 0.303 e. The first-order chi connectivity index (χ1) is 13.4. The number of carbonyl (C=O) groups is 1. The van der Waals surface area contributed by atoms with Crippen molar-refractivity contribution in [1.29, 1.82) is 0 Å². The fraction of sp³-hybridized carbons (Fsp3) is 0.591. The number of aliphatic hydroxyl groups is 3. The number of ether oxygens (including phenoxy) is 1. The number of hydrogen-bond acceptors (Lipinski definition) is 5. The van der Waals surface area contributed by atoms with Crippen LogP contribution in [0.4, 0.5) is 0 Å². The Bertz CT molecular complexity index is 551. The highest BCUT2D eigenvalue weighted by Crippen LogP contribution is 2.25. The molecule has 1 fully saturated rings. The summed E-state index contributed by atoms with van der Waals surface area (Å²) in [5, 5.41) is 38.4. The molecule has 158 valence electrons. The molecule has 5 atom stereocenters. The predicted octanol–water partition coefficient (Wildman–Crippen LogP) is 2.90. The highest BCUT2D eigenvalue weighted by atomic mass is 16.5. The van der Waals surface area contributed by atoms with Gasteiger partial charge < -0.3 is 25.2 Å². The van der Waals surface area contributed by atoms with Gasteiger partial charge in [-0.2, -0.15) is 0 Å². The van der Waals surface area contributed by atoms with Crippen molar-refractivity contribution in [2.24, 2.45) is 0 Å². The Hall–Kier alpha value is -1.73. The maximum absolute atomic E-state index is 10.3. The topological polar surface area (TPSA) is 107 Å². The summed E-state index contributed by atoms with van der Waals surface area (Å²) in [6.45, 7) is 1.93. The Balaban J connectivity index is 2.16. The van der Waals surface area contributed by atoms with E-state index in [1.807, 2.05) is 43.4 Å². The van der Waals surface area contributed by atoms with Crippen LogP contribution in [-0.2, 0) is 9.53 Å². The van der Waals surface area contributed by atoms with E-state index in [0.29, 0.717) is 25.7 Å². The molecule has 0 unspecified atom stereocenters. The fourth-order valence-corrected chi connectivity index (χ4v) is 2.90. The van der Waals surface area contributed by atoms with Gasteiger partial charge in [0.1, 0.15) is 0 Å². The number of rotatable bonds is 13. The van der Waals surface area contributed by atoms with Gasteiger partial charge in [0.15, 0.2) is 0 Å². The Kier molecular flexibility index (Phi) is 12.4. The number of aliphatic hydroxyl groups excluding tert-OH is 3. The van der Waals surface area contributed by atoms with E-state index in [1.165, 1.54) is 6.08 Å². The number of carboxylic acids is 1. The van der Waals surface area contributed by atoms with Crippen LogP contribution in [0.1, 0.15) is 51.9 Å². The molecule has 0 aromatic heterocycles. The highest BCUT2D eigenvalue weighted by Gasteiger charge is 2.35. The summed E-state index contributed by atoms with van der Waals surface area (Å²) in [5.41, 5.74) is 0. The zero-order valence-electron chi connectivity index (χ0n) is 16.6. The molecule has 0 bridgehead atoms. The number of allylic oxidation sites excluding steroid dienone is 5. The van der Waals surface area contributed by atoms with Crippen LogP contribution < -0.4 is 0 Å². The first-order valence-electron chi connectivity index (χ1n) is 9.98. The van der Waals surface area contributed by atoms with Crippen molar-refractivity contribution in [3.05, 3.63) is 48.6 Å². The Morgan fingerprint density at radius 1 is 1.07 bits per heavy atom. The van der Waals surface area contributed by atoms with Crippen molar-refractivity contribution in [1.82, 2.24) is 0 Å². The smallest absolute Gasteiger partial charge is 0.303 e. The first kappa shape index (κ1) is 24.3. The van der Waals surface area contributed by atoms with E-state index in [1.54, 1.807) is 6.08 Å². The van der Waals surface area contributed by atoms with Gasteiger partial charge in [-0.3, -0.25) is 4.79 Å². The van der Waals surface area contributed by atoms with E-state index in [-0.39, 0.29) is 12.5 Å². The van der Waals surface area contributed by atoms with Crippen molar-refractivity contribution < 1.29 is 30.0 Å². The molecule has 28 heavy (non-hydrogen) atoms. The van der Waals surface area contributed by atoms with Crippen LogP contribution in [0, 0.1) is 0 Å². The summed E-state index contributed by atoms with van der Waals surface area (Å²) in [4.78, 5) is 10.3. The molecule has 0 saturated carbocycles. The molecule has 6 nitrogen and oxygen atoms in total. The quantitative estimate of drug-likeness (QED) is 0.358. The van der Waals surface area contributed by atoms with Crippen LogP contribution in [0.5, 0.6) is 0 Å². The fourth-order valence-electron chi connectivity index (χ4n) is 2.90. The second-order valence-electron chi connectivity index (χ2n) is 6.92. The molecule has 6 heteroatoms. The molecular formula is C22H34O6. The van der Waals surface area contributed by atoms with Crippen LogP contribution in [0.15, 0.2) is 48.6 Å². The normalized spacial score (nSPS) is 25.5. The van der Waals surface area contributed by atoms with Gasteiger partial charge >= 0.3 is 5.97 Å². The molecule has 1 aliphatic heterocycles. The van der Waals surface area contributed by atoms with Crippen LogP contribution in [0.25, 0.3) is 0 Å². The predicted molar refractivity (Wildman–Crippen MR) is 109 cm³/mol. The van der Waals surface area contributed by atoms with Crippen molar-refractivity contribution in [2.75, 3.05) is 0 Å². The molecule has 0 spiro atoms. The van der Waals surface area contributed by atoms with E-state index in [4.69, 9.17) is 9.84 Å². The molecule has 0 aromatic carbocycles. The molecular weight excluding hydrogens is 360 g/mol. The molecule has 4 N–H and O–H groups in total. The van der Waals surface area contributed by atoms with E-state index >= 15 is 0 Å². The summed E-state index contributed by atoms with van der Waals surface area (Å²) >= 11 is 0. The summed E-state index contributed by atoms with van der Waals surface area (Å²) < 4.78 is 5.61. The number of carboxylic acid groups (broad SMARTS) is 1. The van der Waals surface area contributed by atoms with Gasteiger partial charge in [0, 0.05) is 12.8 Å². The van der Waals surface area contributed by atoms with Crippen LogP contribution in [0.2, 0.25) is 0 Å². The van der Waals surface area contributed by atoms with Gasteiger partial charge in [-0.15, -0.1) is 0 Å². The third-order valence-corrected chi connectivity index (χ3v) is 4.51. The summed E-state index contributed by atoms with van der Waals surface area (Å²) in [7, 11) is 0. The maximum atomic E-state index is 10.3. The largest absolute Gasteiger partial charge is 0.481 e. The summed E-state index contributed by atoms with van der Waals surface area (Å²) in [6.07, 6.45) is 15.9. The minimum Gasteiger partial charge on any atom is -0.481 e. The molecule has 1 saturated heterocycles. The van der Waals surface area contributed by atoms with Gasteiger partial charge in [0.2, 0.25) is 0 Å². The Labute approximate surface area is 167 Å². The third-order valence-electron chi connectivity index (χ3n) is 4.51. The minimum atomic E-state index is -0.837. The molecule has 1 aliphatic rings. The summed E-state index contributed by atoms with van der Waals surface area (Å²) in [6, 6.07) is 0. The van der Waals surface area contributed by atoms with Gasteiger partial charge in [-0.25, -0.2) is 0 Å². The second kappa shape index (κ2) is 14.3. The van der Waals surface area contributed by atoms with Crippen molar-refractivity contribution in [3.8, 4) is 0 Å². The van der Waals surface area contributed by atoms with Crippen LogP contribution in [0.3, 0.4) is 0 Å². The lowest BCUT2D eigenvalue weighted by atomic mass is 10.1. The average Bonchev–Trinajstić information content (AvgIpc) is 3.04. The highest BCUT2D eigenvalue weighted by molar-refractivity contribution is 5.66. The van der Waals surface area contributed by atoms with E-state index in [2.05, 4.69) is 0 Å². The van der Waals surface area contributed by atoms with Gasteiger partial charge in [0.25, 0.3) is 0 Å². The summed E-state index contributed by atoms with van der Waals surface area (Å²) in [5.74, 6) is -0.785. The van der Waals surface area contributed by atoms with Gasteiger partial charge in [-0.1, -0.05) is 55.5 Å². The van der Waals surface area contributed by atoms with Gasteiger partial charge in [-0.05, 0) is 32.1 Å². The number of hydrogen-bond donors (Lipinski definition) is 4. The van der Waals surface area contributed by atoms with E-state index in [0.717, 1.165) is 12.8 Å². The Morgan fingerprint density at radius 3 is 2.32 bits per heavy atom. The zero-order chi connectivity index (χ0) is 20.8. The minimum absolute atomic E-state index is 0.158. The average molecular weight is 395 g/mol. The van der Waals surface area contributed by atoms with Gasteiger partial charge in [0.05, 0.1) is 30.5 Å². The molecule has 0 aliphatic carbocycles. The second-order valence-corrected chi connectivity index (χ2v) is 6.92. The standard InChI is InChI=1S/C22H34O6/c1-2-20-19(25)16-21(28-20)18(24)15-14-17(23)12-10-8-6-4-3-5-7-9-11-13-22(26)27/h3-4,7-10,14-15,17-21,23-25H,2,5-6,11-13,16H2,1H3,(H,26,27)/b4-3-,9-7-,10-8-,15-14+/t17-,18+,19-,20-,21-/m1/s1. The molecule has 0 radical (unpaired) electrons. The molecule has 1 heterocycles. The lowest BCUT2D eigenvalue weighted by Crippen LogP contribution is -2.24. The molecule has 1 rings (SSSR count). The molecule has 0 amide bonds. The van der Waals surface area contributed by atoms with Crippen LogP contribution in [-0.4, -0.2) is 56.9 Å². The van der Waals surface area contributed by atoms with Crippen molar-refractivity contribution in [3.63, 3.8) is 0 Å².